The minimum atomic E-state index is -1.40. The summed E-state index contributed by atoms with van der Waals surface area (Å²) in [5.41, 5.74) is 1.21. The molecule has 3 rings (SSSR count). The first-order valence-electron chi connectivity index (χ1n) is 6.06. The lowest BCUT2D eigenvalue weighted by molar-refractivity contribution is -0.0505. The summed E-state index contributed by atoms with van der Waals surface area (Å²) in [5.74, 6) is -0.191. The molecular weight excluding hydrogens is 286 g/mol. The van der Waals surface area contributed by atoms with Crippen LogP contribution in [0.1, 0.15) is 6.23 Å². The highest BCUT2D eigenvalue weighted by Gasteiger charge is 2.45. The van der Waals surface area contributed by atoms with Gasteiger partial charge < -0.3 is 25.0 Å². The standard InChI is InChI=1S/C10H13N5O6/c16-1-3-5(17)6(18)9(21-3)15-7-4(13-10(15)14-20)8(19)12-2-11-7/h2-3,5-6,9,16-18,20H,1H2,(H,13,14)(H,11,12,19)/t3-,5+,6-,9+/m0/s1. The largest absolute Gasteiger partial charge is 0.394 e. The number of anilines is 1. The van der Waals surface area contributed by atoms with Crippen molar-refractivity contribution in [1.82, 2.24) is 19.5 Å². The van der Waals surface area contributed by atoms with E-state index in [1.54, 1.807) is 5.48 Å². The Bertz CT molecular complexity index is 714. The molecule has 2 aromatic rings. The predicted molar refractivity (Wildman–Crippen MR) is 66.6 cm³/mol. The van der Waals surface area contributed by atoms with E-state index >= 15 is 0 Å². The molecule has 0 aromatic carbocycles. The van der Waals surface area contributed by atoms with Gasteiger partial charge in [-0.2, -0.15) is 0 Å². The predicted octanol–water partition coefficient (Wildman–Crippen LogP) is -2.47. The van der Waals surface area contributed by atoms with Crippen LogP contribution in [-0.2, 0) is 4.74 Å². The summed E-state index contributed by atoms with van der Waals surface area (Å²) >= 11 is 0. The monoisotopic (exact) mass is 299 g/mol. The highest BCUT2D eigenvalue weighted by molar-refractivity contribution is 5.73. The maximum Gasteiger partial charge on any atom is 0.278 e. The van der Waals surface area contributed by atoms with Gasteiger partial charge in [-0.1, -0.05) is 0 Å². The van der Waals surface area contributed by atoms with Gasteiger partial charge in [0, 0.05) is 0 Å². The zero-order chi connectivity index (χ0) is 15.1. The molecule has 1 fully saturated rings. The summed E-state index contributed by atoms with van der Waals surface area (Å²) in [5, 5.41) is 38.0. The quantitative estimate of drug-likeness (QED) is 0.337. The Kier molecular flexibility index (Phi) is 3.35. The van der Waals surface area contributed by atoms with Gasteiger partial charge in [-0.3, -0.25) is 14.6 Å². The second-order valence-electron chi connectivity index (χ2n) is 4.55. The van der Waals surface area contributed by atoms with Crippen molar-refractivity contribution in [3.8, 4) is 0 Å². The summed E-state index contributed by atoms with van der Waals surface area (Å²) in [7, 11) is 0. The van der Waals surface area contributed by atoms with Gasteiger partial charge in [0.25, 0.3) is 5.56 Å². The van der Waals surface area contributed by atoms with Crippen molar-refractivity contribution in [1.29, 1.82) is 0 Å². The van der Waals surface area contributed by atoms with E-state index in [1.165, 1.54) is 0 Å². The van der Waals surface area contributed by atoms with Crippen molar-refractivity contribution in [3.63, 3.8) is 0 Å². The van der Waals surface area contributed by atoms with Gasteiger partial charge in [0.15, 0.2) is 17.4 Å². The number of rotatable bonds is 3. The van der Waals surface area contributed by atoms with Crippen molar-refractivity contribution in [2.75, 3.05) is 12.1 Å². The highest BCUT2D eigenvalue weighted by atomic mass is 16.6. The number of aromatic nitrogens is 4. The molecule has 21 heavy (non-hydrogen) atoms. The first-order valence-corrected chi connectivity index (χ1v) is 6.06. The lowest BCUT2D eigenvalue weighted by atomic mass is 10.1. The fourth-order valence-corrected chi connectivity index (χ4v) is 2.33. The number of hydrogen-bond donors (Lipinski definition) is 6. The molecule has 0 saturated carbocycles. The van der Waals surface area contributed by atoms with Crippen LogP contribution in [0.15, 0.2) is 11.1 Å². The Morgan fingerprint density at radius 3 is 2.81 bits per heavy atom. The van der Waals surface area contributed by atoms with E-state index in [-0.39, 0.29) is 17.1 Å². The average molecular weight is 299 g/mol. The molecule has 0 amide bonds. The van der Waals surface area contributed by atoms with Crippen molar-refractivity contribution in [3.05, 3.63) is 16.7 Å². The normalized spacial score (nSPS) is 29.1. The van der Waals surface area contributed by atoms with Gasteiger partial charge in [0.2, 0.25) is 5.95 Å². The zero-order valence-electron chi connectivity index (χ0n) is 10.5. The van der Waals surface area contributed by atoms with E-state index in [9.17, 15) is 15.0 Å². The molecule has 0 unspecified atom stereocenters. The summed E-state index contributed by atoms with van der Waals surface area (Å²) in [6.07, 6.45) is -3.77. The van der Waals surface area contributed by atoms with Crippen LogP contribution in [0.3, 0.4) is 0 Å². The van der Waals surface area contributed by atoms with Gasteiger partial charge in [-0.05, 0) is 0 Å². The van der Waals surface area contributed by atoms with Crippen LogP contribution in [0.25, 0.3) is 11.2 Å². The first-order chi connectivity index (χ1) is 10.1. The number of hydrogen-bond acceptors (Lipinski definition) is 9. The first kappa shape index (κ1) is 13.9. The molecule has 11 nitrogen and oxygen atoms in total. The summed E-state index contributed by atoms with van der Waals surface area (Å²) in [6, 6.07) is 0. The topological polar surface area (TPSA) is 166 Å². The number of imidazole rings is 1. The lowest BCUT2D eigenvalue weighted by Gasteiger charge is -2.18. The molecule has 1 saturated heterocycles. The van der Waals surface area contributed by atoms with Crippen LogP contribution in [0.2, 0.25) is 0 Å². The van der Waals surface area contributed by atoms with Crippen molar-refractivity contribution in [2.24, 2.45) is 0 Å². The number of nitrogens with zero attached hydrogens (tertiary/aromatic N) is 3. The van der Waals surface area contributed by atoms with Gasteiger partial charge in [0.1, 0.15) is 18.3 Å². The van der Waals surface area contributed by atoms with Crippen LogP contribution >= 0.6 is 0 Å². The van der Waals surface area contributed by atoms with Gasteiger partial charge in [-0.15, -0.1) is 0 Å². The molecule has 3 heterocycles. The Morgan fingerprint density at radius 2 is 2.19 bits per heavy atom. The lowest BCUT2D eigenvalue weighted by Crippen LogP contribution is -2.33. The second-order valence-corrected chi connectivity index (χ2v) is 4.55. The number of aliphatic hydroxyl groups is 3. The molecule has 1 aliphatic heterocycles. The number of ether oxygens (including phenoxy) is 1. The third kappa shape index (κ3) is 1.99. The molecule has 4 atom stereocenters. The van der Waals surface area contributed by atoms with Crippen LogP contribution in [-0.4, -0.2) is 65.0 Å². The van der Waals surface area contributed by atoms with Crippen molar-refractivity contribution in [2.45, 2.75) is 24.5 Å². The highest BCUT2D eigenvalue weighted by Crippen LogP contribution is 2.33. The number of aliphatic hydroxyl groups excluding tert-OH is 3. The van der Waals surface area contributed by atoms with E-state index in [1.807, 2.05) is 0 Å². The van der Waals surface area contributed by atoms with Crippen LogP contribution in [0, 0.1) is 0 Å². The van der Waals surface area contributed by atoms with Gasteiger partial charge in [0.05, 0.1) is 12.9 Å². The number of aromatic amines is 1. The molecule has 0 radical (unpaired) electrons. The summed E-state index contributed by atoms with van der Waals surface area (Å²) < 4.78 is 6.47. The van der Waals surface area contributed by atoms with E-state index in [0.29, 0.717) is 0 Å². The van der Waals surface area contributed by atoms with E-state index in [0.717, 1.165) is 10.9 Å². The molecule has 114 valence electrons. The number of H-pyrrole nitrogens is 1. The smallest absolute Gasteiger partial charge is 0.278 e. The van der Waals surface area contributed by atoms with E-state index < -0.39 is 36.7 Å². The molecule has 1 aliphatic rings. The average Bonchev–Trinajstić information content (AvgIpc) is 2.99. The molecule has 0 spiro atoms. The third-order valence-corrected chi connectivity index (χ3v) is 3.36. The molecule has 0 aliphatic carbocycles. The summed E-state index contributed by atoms with van der Waals surface area (Å²) in [4.78, 5) is 21.8. The van der Waals surface area contributed by atoms with Gasteiger partial charge in [-0.25, -0.2) is 15.4 Å². The fourth-order valence-electron chi connectivity index (χ4n) is 2.33. The molecule has 0 bridgehead atoms. The molecule has 11 heteroatoms. The van der Waals surface area contributed by atoms with Crippen LogP contribution in [0.4, 0.5) is 5.95 Å². The SMILES string of the molecule is O=c1[nH]cnc2c1nc(NO)n2[C@@H]1O[C@@H](CO)[C@@H](O)[C@@H]1O. The minimum Gasteiger partial charge on any atom is -0.394 e. The van der Waals surface area contributed by atoms with Crippen molar-refractivity contribution < 1.29 is 25.3 Å². The Morgan fingerprint density at radius 1 is 1.43 bits per heavy atom. The van der Waals surface area contributed by atoms with Crippen LogP contribution < -0.4 is 11.0 Å². The third-order valence-electron chi connectivity index (χ3n) is 3.36. The van der Waals surface area contributed by atoms with E-state index in [2.05, 4.69) is 15.0 Å². The van der Waals surface area contributed by atoms with Gasteiger partial charge >= 0.3 is 0 Å². The number of nitrogens with one attached hydrogen (secondary N) is 2. The Labute approximate surface area is 116 Å². The Balaban J connectivity index is 2.16. The van der Waals surface area contributed by atoms with E-state index in [4.69, 9.17) is 15.1 Å². The minimum absolute atomic E-state index is 0.0464. The maximum absolute atomic E-state index is 11.7. The molecule has 6 N–H and O–H groups in total. The zero-order valence-corrected chi connectivity index (χ0v) is 10.5. The number of fused-ring (bicyclic) bond motifs is 1. The molecule has 2 aromatic heterocycles. The summed E-state index contributed by atoms with van der Waals surface area (Å²) in [6.45, 7) is -0.503. The fraction of sp³-hybridized carbons (Fsp3) is 0.500. The molecular formula is C10H13N5O6. The van der Waals surface area contributed by atoms with Crippen LogP contribution in [0.5, 0.6) is 0 Å². The maximum atomic E-state index is 11.7. The second kappa shape index (κ2) is 5.05. The Hall–Kier alpha value is -2.05. The van der Waals surface area contributed by atoms with Crippen molar-refractivity contribution >= 4 is 17.1 Å².